The van der Waals surface area contributed by atoms with Crippen LogP contribution in [0.1, 0.15) is 38.4 Å². The Morgan fingerprint density at radius 1 is 1.31 bits per heavy atom. The van der Waals surface area contributed by atoms with E-state index in [1.165, 1.54) is 25.7 Å². The molecule has 0 amide bonds. The van der Waals surface area contributed by atoms with Crippen LogP contribution in [0.25, 0.3) is 11.0 Å². The van der Waals surface area contributed by atoms with Crippen LogP contribution in [0.5, 0.6) is 0 Å². The Morgan fingerprint density at radius 3 is 2.75 bits per heavy atom. The molecule has 0 radical (unpaired) electrons. The molecular weight excluding hydrogens is 198 g/mol. The summed E-state index contributed by atoms with van der Waals surface area (Å²) in [4.78, 5) is 8.11. The van der Waals surface area contributed by atoms with Crippen LogP contribution in [0.2, 0.25) is 0 Å². The molecule has 1 aromatic heterocycles. The molecule has 3 nitrogen and oxygen atoms in total. The standard InChI is InChI=1S/C13H17N3/c1-13(7-2-3-8-13)12-15-10-6-4-5-9(14)11(10)16-12/h4-6H,2-3,7-8,14H2,1H3,(H,15,16). The van der Waals surface area contributed by atoms with E-state index in [0.717, 1.165) is 22.5 Å². The predicted molar refractivity (Wildman–Crippen MR) is 66.3 cm³/mol. The first-order valence-electron chi connectivity index (χ1n) is 5.94. The molecule has 0 atom stereocenters. The van der Waals surface area contributed by atoms with Gasteiger partial charge in [-0.2, -0.15) is 0 Å². The number of anilines is 1. The molecule has 1 aromatic carbocycles. The van der Waals surface area contributed by atoms with Crippen LogP contribution >= 0.6 is 0 Å². The van der Waals surface area contributed by atoms with Crippen molar-refractivity contribution in [3.8, 4) is 0 Å². The maximum atomic E-state index is 5.93. The molecule has 3 rings (SSSR count). The summed E-state index contributed by atoms with van der Waals surface area (Å²) in [5.41, 5.74) is 8.90. The molecule has 1 aliphatic rings. The quantitative estimate of drug-likeness (QED) is 0.718. The summed E-state index contributed by atoms with van der Waals surface area (Å²) in [5.74, 6) is 1.11. The maximum absolute atomic E-state index is 5.93. The highest BCUT2D eigenvalue weighted by molar-refractivity contribution is 5.87. The number of fused-ring (bicyclic) bond motifs is 1. The van der Waals surface area contributed by atoms with Gasteiger partial charge in [-0.05, 0) is 25.0 Å². The lowest BCUT2D eigenvalue weighted by Crippen LogP contribution is -2.18. The number of hydrogen-bond donors (Lipinski definition) is 2. The van der Waals surface area contributed by atoms with Crippen LogP contribution in [-0.2, 0) is 5.41 Å². The van der Waals surface area contributed by atoms with Crippen molar-refractivity contribution in [1.82, 2.24) is 9.97 Å². The molecule has 84 valence electrons. The number of imidazole rings is 1. The lowest BCUT2D eigenvalue weighted by Gasteiger charge is -2.19. The Kier molecular flexibility index (Phi) is 1.96. The van der Waals surface area contributed by atoms with Gasteiger partial charge in [0, 0.05) is 5.41 Å². The van der Waals surface area contributed by atoms with Gasteiger partial charge in [-0.3, -0.25) is 0 Å². The Labute approximate surface area is 95.1 Å². The van der Waals surface area contributed by atoms with Gasteiger partial charge in [0.05, 0.1) is 11.2 Å². The second-order valence-corrected chi connectivity index (χ2v) is 5.10. The smallest absolute Gasteiger partial charge is 0.113 e. The summed E-state index contributed by atoms with van der Waals surface area (Å²) >= 11 is 0. The third-order valence-corrected chi connectivity index (χ3v) is 3.82. The van der Waals surface area contributed by atoms with Crippen LogP contribution in [0.15, 0.2) is 18.2 Å². The van der Waals surface area contributed by atoms with Gasteiger partial charge in [0.1, 0.15) is 11.3 Å². The van der Waals surface area contributed by atoms with Gasteiger partial charge in [0.2, 0.25) is 0 Å². The first-order chi connectivity index (χ1) is 7.69. The zero-order chi connectivity index (χ0) is 11.2. The summed E-state index contributed by atoms with van der Waals surface area (Å²) < 4.78 is 0. The van der Waals surface area contributed by atoms with Gasteiger partial charge in [0.15, 0.2) is 0 Å². The van der Waals surface area contributed by atoms with Gasteiger partial charge in [-0.25, -0.2) is 4.98 Å². The number of nitrogen functional groups attached to an aromatic ring is 1. The maximum Gasteiger partial charge on any atom is 0.113 e. The van der Waals surface area contributed by atoms with E-state index in [1.54, 1.807) is 0 Å². The lowest BCUT2D eigenvalue weighted by molar-refractivity contribution is 0.465. The van der Waals surface area contributed by atoms with E-state index < -0.39 is 0 Å². The zero-order valence-electron chi connectivity index (χ0n) is 9.59. The molecule has 0 spiro atoms. The molecule has 0 bridgehead atoms. The minimum atomic E-state index is 0.228. The van der Waals surface area contributed by atoms with Crippen molar-refractivity contribution in [3.63, 3.8) is 0 Å². The average molecular weight is 215 g/mol. The minimum Gasteiger partial charge on any atom is -0.397 e. The van der Waals surface area contributed by atoms with E-state index in [1.807, 2.05) is 18.2 Å². The molecule has 0 saturated heterocycles. The summed E-state index contributed by atoms with van der Waals surface area (Å²) in [5, 5.41) is 0. The number of benzene rings is 1. The van der Waals surface area contributed by atoms with Gasteiger partial charge in [-0.1, -0.05) is 25.8 Å². The number of nitrogens with zero attached hydrogens (tertiary/aromatic N) is 1. The molecule has 1 aliphatic carbocycles. The van der Waals surface area contributed by atoms with E-state index in [0.29, 0.717) is 0 Å². The fourth-order valence-corrected chi connectivity index (χ4v) is 2.73. The Bertz CT molecular complexity index is 521. The monoisotopic (exact) mass is 215 g/mol. The van der Waals surface area contributed by atoms with Crippen molar-refractivity contribution in [1.29, 1.82) is 0 Å². The first kappa shape index (κ1) is 9.70. The molecule has 0 aliphatic heterocycles. The Hall–Kier alpha value is -1.51. The van der Waals surface area contributed by atoms with E-state index in [4.69, 9.17) is 5.73 Å². The third kappa shape index (κ3) is 1.31. The second-order valence-electron chi connectivity index (χ2n) is 5.10. The fraction of sp³-hybridized carbons (Fsp3) is 0.462. The van der Waals surface area contributed by atoms with E-state index in [2.05, 4.69) is 16.9 Å². The van der Waals surface area contributed by atoms with Gasteiger partial charge in [0.25, 0.3) is 0 Å². The van der Waals surface area contributed by atoms with Crippen molar-refractivity contribution >= 4 is 16.7 Å². The van der Waals surface area contributed by atoms with Gasteiger partial charge >= 0.3 is 0 Å². The minimum absolute atomic E-state index is 0.228. The van der Waals surface area contributed by atoms with E-state index in [-0.39, 0.29) is 5.41 Å². The number of hydrogen-bond acceptors (Lipinski definition) is 2. The fourth-order valence-electron chi connectivity index (χ4n) is 2.73. The highest BCUT2D eigenvalue weighted by Gasteiger charge is 2.33. The first-order valence-corrected chi connectivity index (χ1v) is 5.94. The number of nitrogens with one attached hydrogen (secondary N) is 1. The van der Waals surface area contributed by atoms with Crippen LogP contribution in [0.3, 0.4) is 0 Å². The summed E-state index contributed by atoms with van der Waals surface area (Å²) in [6.45, 7) is 2.30. The Morgan fingerprint density at radius 2 is 2.06 bits per heavy atom. The topological polar surface area (TPSA) is 54.7 Å². The van der Waals surface area contributed by atoms with Gasteiger partial charge in [-0.15, -0.1) is 0 Å². The lowest BCUT2D eigenvalue weighted by atomic mass is 9.88. The van der Waals surface area contributed by atoms with Crippen LogP contribution in [-0.4, -0.2) is 9.97 Å². The molecule has 1 saturated carbocycles. The predicted octanol–water partition coefficient (Wildman–Crippen LogP) is 2.98. The number of nitrogens with two attached hydrogens (primary N) is 1. The van der Waals surface area contributed by atoms with Crippen LogP contribution in [0, 0.1) is 0 Å². The second kappa shape index (κ2) is 3.24. The normalized spacial score (nSPS) is 19.3. The summed E-state index contributed by atoms with van der Waals surface area (Å²) in [6.07, 6.45) is 5.07. The number of rotatable bonds is 1. The number of para-hydroxylation sites is 1. The number of aromatic nitrogens is 2. The molecule has 0 unspecified atom stereocenters. The molecule has 1 fully saturated rings. The summed E-state index contributed by atoms with van der Waals surface area (Å²) in [7, 11) is 0. The van der Waals surface area contributed by atoms with E-state index >= 15 is 0 Å². The van der Waals surface area contributed by atoms with Crippen molar-refractivity contribution < 1.29 is 0 Å². The molecular formula is C13H17N3. The largest absolute Gasteiger partial charge is 0.397 e. The Balaban J connectivity index is 2.15. The molecule has 3 heteroatoms. The molecule has 16 heavy (non-hydrogen) atoms. The molecule has 2 aromatic rings. The average Bonchev–Trinajstić information content (AvgIpc) is 2.85. The molecule has 3 N–H and O–H groups in total. The van der Waals surface area contributed by atoms with Crippen molar-refractivity contribution in [2.75, 3.05) is 5.73 Å². The highest BCUT2D eigenvalue weighted by Crippen LogP contribution is 2.40. The van der Waals surface area contributed by atoms with Gasteiger partial charge < -0.3 is 10.7 Å². The number of H-pyrrole nitrogens is 1. The highest BCUT2D eigenvalue weighted by atomic mass is 15.0. The van der Waals surface area contributed by atoms with Crippen molar-refractivity contribution in [2.24, 2.45) is 0 Å². The van der Waals surface area contributed by atoms with Crippen LogP contribution < -0.4 is 5.73 Å². The van der Waals surface area contributed by atoms with Crippen molar-refractivity contribution in [3.05, 3.63) is 24.0 Å². The third-order valence-electron chi connectivity index (χ3n) is 3.82. The molecule has 1 heterocycles. The van der Waals surface area contributed by atoms with Crippen molar-refractivity contribution in [2.45, 2.75) is 38.0 Å². The van der Waals surface area contributed by atoms with E-state index in [9.17, 15) is 0 Å². The zero-order valence-corrected chi connectivity index (χ0v) is 9.59. The number of aromatic amines is 1. The SMILES string of the molecule is CC1(c2nc3c(N)cccc3[nH]2)CCCC1. The van der Waals surface area contributed by atoms with Crippen LogP contribution in [0.4, 0.5) is 5.69 Å². The summed E-state index contributed by atoms with van der Waals surface area (Å²) in [6, 6.07) is 5.92.